The topological polar surface area (TPSA) is 35.2 Å². The van der Waals surface area contributed by atoms with Crippen molar-refractivity contribution in [3.8, 4) is 5.75 Å². The minimum atomic E-state index is -2.87. The molecule has 0 spiro atoms. The molecule has 0 amide bonds. The van der Waals surface area contributed by atoms with Crippen LogP contribution >= 0.6 is 0 Å². The van der Waals surface area contributed by atoms with Crippen molar-refractivity contribution in [2.45, 2.75) is 12.7 Å². The number of benzene rings is 2. The van der Waals surface area contributed by atoms with Crippen LogP contribution in [-0.4, -0.2) is 6.61 Å². The largest absolute Gasteiger partial charge is 0.435 e. The second kappa shape index (κ2) is 5.75. The van der Waals surface area contributed by atoms with E-state index in [1.807, 2.05) is 0 Å². The molecule has 0 saturated carbocycles. The van der Waals surface area contributed by atoms with Gasteiger partial charge in [0.15, 0.2) is 0 Å². The van der Waals surface area contributed by atoms with Crippen LogP contribution in [0.4, 0.5) is 13.2 Å². The summed E-state index contributed by atoms with van der Waals surface area (Å²) in [5.41, 5.74) is 6.91. The Morgan fingerprint density at radius 1 is 0.947 bits per heavy atom. The van der Waals surface area contributed by atoms with Gasteiger partial charge in [0.05, 0.1) is 6.04 Å². The van der Waals surface area contributed by atoms with Gasteiger partial charge in [0.25, 0.3) is 0 Å². The van der Waals surface area contributed by atoms with Crippen LogP contribution in [-0.2, 0) is 0 Å². The molecular weight excluding hydrogens is 255 g/mol. The lowest BCUT2D eigenvalue weighted by atomic mass is 9.99. The van der Waals surface area contributed by atoms with Gasteiger partial charge in [-0.2, -0.15) is 8.78 Å². The van der Waals surface area contributed by atoms with Crippen LogP contribution in [0.5, 0.6) is 5.75 Å². The molecule has 19 heavy (non-hydrogen) atoms. The third-order valence-electron chi connectivity index (χ3n) is 2.70. The van der Waals surface area contributed by atoms with Gasteiger partial charge in [-0.3, -0.25) is 0 Å². The highest BCUT2D eigenvalue weighted by atomic mass is 19.3. The number of hydrogen-bond donors (Lipinski definition) is 1. The molecule has 0 aliphatic rings. The molecule has 1 unspecified atom stereocenters. The molecule has 0 fully saturated rings. The van der Waals surface area contributed by atoms with Crippen molar-refractivity contribution >= 4 is 0 Å². The van der Waals surface area contributed by atoms with Crippen LogP contribution in [0.3, 0.4) is 0 Å². The summed E-state index contributed by atoms with van der Waals surface area (Å²) in [5.74, 6) is -0.359. The Kier molecular flexibility index (Phi) is 4.06. The summed E-state index contributed by atoms with van der Waals surface area (Å²) in [7, 11) is 0. The minimum Gasteiger partial charge on any atom is -0.435 e. The van der Waals surface area contributed by atoms with Crippen molar-refractivity contribution in [3.63, 3.8) is 0 Å². The molecule has 2 nitrogen and oxygen atoms in total. The Balaban J connectivity index is 2.20. The second-order valence-corrected chi connectivity index (χ2v) is 3.95. The first-order valence-electron chi connectivity index (χ1n) is 5.62. The van der Waals surface area contributed by atoms with Gasteiger partial charge in [-0.25, -0.2) is 4.39 Å². The maximum atomic E-state index is 13.6. The van der Waals surface area contributed by atoms with Crippen molar-refractivity contribution in [3.05, 3.63) is 65.5 Å². The zero-order valence-corrected chi connectivity index (χ0v) is 9.89. The molecule has 5 heteroatoms. The molecule has 0 saturated heterocycles. The Morgan fingerprint density at radius 3 is 2.16 bits per heavy atom. The van der Waals surface area contributed by atoms with Crippen molar-refractivity contribution < 1.29 is 17.9 Å². The highest BCUT2D eigenvalue weighted by Gasteiger charge is 2.13. The average molecular weight is 267 g/mol. The van der Waals surface area contributed by atoms with Crippen molar-refractivity contribution in [1.29, 1.82) is 0 Å². The Morgan fingerprint density at radius 2 is 1.58 bits per heavy atom. The fraction of sp³-hybridized carbons (Fsp3) is 0.143. The van der Waals surface area contributed by atoms with E-state index in [9.17, 15) is 13.2 Å². The molecule has 0 aromatic heterocycles. The SMILES string of the molecule is NC(c1ccc(OC(F)F)cc1)c1ccccc1F. The fourth-order valence-corrected chi connectivity index (χ4v) is 1.76. The Labute approximate surface area is 108 Å². The third-order valence-corrected chi connectivity index (χ3v) is 2.70. The normalized spacial score (nSPS) is 12.5. The van der Waals surface area contributed by atoms with Crippen LogP contribution in [0.25, 0.3) is 0 Å². The molecular formula is C14H12F3NO. The zero-order valence-electron chi connectivity index (χ0n) is 9.89. The summed E-state index contributed by atoms with van der Waals surface area (Å²) >= 11 is 0. The molecule has 0 aliphatic heterocycles. The second-order valence-electron chi connectivity index (χ2n) is 3.95. The predicted molar refractivity (Wildman–Crippen MR) is 65.5 cm³/mol. The third kappa shape index (κ3) is 3.26. The van der Waals surface area contributed by atoms with E-state index in [4.69, 9.17) is 5.73 Å². The highest BCUT2D eigenvalue weighted by Crippen LogP contribution is 2.24. The molecule has 0 bridgehead atoms. The molecule has 2 rings (SSSR count). The van der Waals surface area contributed by atoms with Gasteiger partial charge in [-0.05, 0) is 23.8 Å². The summed E-state index contributed by atoms with van der Waals surface area (Å²) in [6.45, 7) is -2.87. The first-order chi connectivity index (χ1) is 9.08. The zero-order chi connectivity index (χ0) is 13.8. The Bertz CT molecular complexity index is 543. The van der Waals surface area contributed by atoms with Crippen molar-refractivity contribution in [2.75, 3.05) is 0 Å². The van der Waals surface area contributed by atoms with Gasteiger partial charge in [-0.1, -0.05) is 30.3 Å². The van der Waals surface area contributed by atoms with Crippen LogP contribution < -0.4 is 10.5 Å². The molecule has 0 radical (unpaired) electrons. The van der Waals surface area contributed by atoms with Gasteiger partial charge in [0, 0.05) is 5.56 Å². The smallest absolute Gasteiger partial charge is 0.387 e. The fourth-order valence-electron chi connectivity index (χ4n) is 1.76. The Hall–Kier alpha value is -2.01. The summed E-state index contributed by atoms with van der Waals surface area (Å²) in [6.07, 6.45) is 0. The van der Waals surface area contributed by atoms with Crippen molar-refractivity contribution in [1.82, 2.24) is 0 Å². The number of nitrogens with two attached hydrogens (primary N) is 1. The van der Waals surface area contributed by atoms with E-state index < -0.39 is 18.5 Å². The van der Waals surface area contributed by atoms with Crippen LogP contribution in [0.2, 0.25) is 0 Å². The number of ether oxygens (including phenoxy) is 1. The number of rotatable bonds is 4. The van der Waals surface area contributed by atoms with E-state index in [2.05, 4.69) is 4.74 Å². The first kappa shape index (κ1) is 13.4. The summed E-state index contributed by atoms with van der Waals surface area (Å²) in [4.78, 5) is 0. The maximum absolute atomic E-state index is 13.6. The van der Waals surface area contributed by atoms with Crippen LogP contribution in [0.1, 0.15) is 17.2 Å². The minimum absolute atomic E-state index is 0.0412. The lowest BCUT2D eigenvalue weighted by molar-refractivity contribution is -0.0498. The van der Waals surface area contributed by atoms with Crippen LogP contribution in [0, 0.1) is 5.82 Å². The number of hydrogen-bond acceptors (Lipinski definition) is 2. The van der Waals surface area contributed by atoms with E-state index in [1.165, 1.54) is 30.3 Å². The van der Waals surface area contributed by atoms with Gasteiger partial charge in [-0.15, -0.1) is 0 Å². The molecule has 0 aliphatic carbocycles. The number of alkyl halides is 2. The quantitative estimate of drug-likeness (QED) is 0.920. The van der Waals surface area contributed by atoms with Gasteiger partial charge in [0.2, 0.25) is 0 Å². The van der Waals surface area contributed by atoms with E-state index >= 15 is 0 Å². The molecule has 1 atom stereocenters. The lowest BCUT2D eigenvalue weighted by Crippen LogP contribution is -2.13. The molecule has 2 aromatic carbocycles. The molecule has 2 N–H and O–H groups in total. The average Bonchev–Trinajstić information content (AvgIpc) is 2.39. The molecule has 100 valence electrons. The van der Waals surface area contributed by atoms with Gasteiger partial charge < -0.3 is 10.5 Å². The molecule has 2 aromatic rings. The van der Waals surface area contributed by atoms with E-state index in [-0.39, 0.29) is 5.75 Å². The van der Waals surface area contributed by atoms with E-state index in [1.54, 1.807) is 18.2 Å². The van der Waals surface area contributed by atoms with Crippen LogP contribution in [0.15, 0.2) is 48.5 Å². The summed E-state index contributed by atoms with van der Waals surface area (Å²) in [5, 5.41) is 0. The summed E-state index contributed by atoms with van der Waals surface area (Å²) < 4.78 is 41.8. The van der Waals surface area contributed by atoms with E-state index in [0.717, 1.165) is 0 Å². The van der Waals surface area contributed by atoms with E-state index in [0.29, 0.717) is 11.1 Å². The maximum Gasteiger partial charge on any atom is 0.387 e. The first-order valence-corrected chi connectivity index (χ1v) is 5.62. The number of halogens is 3. The van der Waals surface area contributed by atoms with Crippen molar-refractivity contribution in [2.24, 2.45) is 5.73 Å². The molecule has 0 heterocycles. The lowest BCUT2D eigenvalue weighted by Gasteiger charge is -2.14. The monoisotopic (exact) mass is 267 g/mol. The standard InChI is InChI=1S/C14H12F3NO/c15-12-4-2-1-3-11(12)13(18)9-5-7-10(8-6-9)19-14(16)17/h1-8,13-14H,18H2. The highest BCUT2D eigenvalue weighted by molar-refractivity contribution is 5.35. The predicted octanol–water partition coefficient (Wildman–Crippen LogP) is 3.48. The van der Waals surface area contributed by atoms with Gasteiger partial charge in [0.1, 0.15) is 11.6 Å². The summed E-state index contributed by atoms with van der Waals surface area (Å²) in [6, 6.07) is 11.3. The van der Waals surface area contributed by atoms with Gasteiger partial charge >= 0.3 is 6.61 Å².